The monoisotopic (exact) mass is 387 g/mol. The van der Waals surface area contributed by atoms with E-state index in [9.17, 15) is 19.2 Å². The lowest BCUT2D eigenvalue weighted by molar-refractivity contribution is -0.132. The number of rotatable bonds is 7. The lowest BCUT2D eigenvalue weighted by atomic mass is 9.87. The zero-order valence-electron chi connectivity index (χ0n) is 16.4. The van der Waals surface area contributed by atoms with Crippen LogP contribution in [0.15, 0.2) is 0 Å². The number of nitrogens with zero attached hydrogens (tertiary/aromatic N) is 1. The minimum Gasteiger partial charge on any atom is -0.461 e. The van der Waals surface area contributed by atoms with Gasteiger partial charge in [0.25, 0.3) is 5.91 Å². The molecule has 28 heavy (non-hydrogen) atoms. The first-order valence-electron chi connectivity index (χ1n) is 9.84. The summed E-state index contributed by atoms with van der Waals surface area (Å²) < 4.78 is 5.01. The van der Waals surface area contributed by atoms with Crippen LogP contribution in [-0.2, 0) is 9.53 Å². The van der Waals surface area contributed by atoms with Gasteiger partial charge in [-0.3, -0.25) is 14.5 Å². The van der Waals surface area contributed by atoms with E-state index in [4.69, 9.17) is 4.74 Å². The molecule has 0 aromatic carbocycles. The Morgan fingerprint density at radius 3 is 2.29 bits per heavy atom. The van der Waals surface area contributed by atoms with Crippen LogP contribution >= 0.6 is 0 Å². The Kier molecular flexibility index (Phi) is 4.32. The quantitative estimate of drug-likeness (QED) is 0.423. The Bertz CT molecular complexity index is 867. The van der Waals surface area contributed by atoms with Crippen LogP contribution in [0.25, 0.3) is 0 Å². The van der Waals surface area contributed by atoms with E-state index < -0.39 is 17.5 Å². The van der Waals surface area contributed by atoms with E-state index in [0.717, 1.165) is 30.6 Å². The summed E-state index contributed by atoms with van der Waals surface area (Å²) in [5, 5.41) is 2.92. The summed E-state index contributed by atoms with van der Waals surface area (Å²) in [6.45, 7) is 4.96. The Labute approximate surface area is 163 Å². The minimum absolute atomic E-state index is 0.183. The molecule has 2 saturated carbocycles. The summed E-state index contributed by atoms with van der Waals surface area (Å²) >= 11 is 0. The Hall–Kier alpha value is -2.64. The van der Waals surface area contributed by atoms with E-state index in [-0.39, 0.29) is 42.4 Å². The van der Waals surface area contributed by atoms with Crippen LogP contribution in [-0.4, -0.2) is 52.3 Å². The standard InChI is InChI=1S/C20H25N3O5/c1-4-28-17(25)16-10(2)15(11(3)21-16)14(24)9-23-18(26)20(12-5-6-12,13-7-8-13)22-19(23)27/h12-13,21H,4-9H2,1-3H3,(H,22,27). The molecule has 3 fully saturated rings. The van der Waals surface area contributed by atoms with Gasteiger partial charge in [-0.1, -0.05) is 0 Å². The molecule has 150 valence electrons. The number of esters is 1. The molecule has 0 atom stereocenters. The van der Waals surface area contributed by atoms with Gasteiger partial charge in [-0.05, 0) is 63.9 Å². The van der Waals surface area contributed by atoms with E-state index in [1.165, 1.54) is 0 Å². The molecule has 8 heteroatoms. The van der Waals surface area contributed by atoms with E-state index in [1.54, 1.807) is 20.8 Å². The number of urea groups is 1. The lowest BCUT2D eigenvalue weighted by Gasteiger charge is -2.26. The largest absolute Gasteiger partial charge is 0.461 e. The van der Waals surface area contributed by atoms with Gasteiger partial charge in [-0.2, -0.15) is 0 Å². The zero-order valence-corrected chi connectivity index (χ0v) is 16.4. The molecule has 2 aliphatic carbocycles. The van der Waals surface area contributed by atoms with Crippen LogP contribution in [0.1, 0.15) is 64.7 Å². The molecule has 0 radical (unpaired) electrons. The van der Waals surface area contributed by atoms with Crippen molar-refractivity contribution >= 4 is 23.7 Å². The molecule has 8 nitrogen and oxygen atoms in total. The van der Waals surface area contributed by atoms with Gasteiger partial charge in [0.1, 0.15) is 11.2 Å². The molecule has 1 saturated heterocycles. The number of imide groups is 1. The fourth-order valence-electron chi connectivity index (χ4n) is 4.52. The van der Waals surface area contributed by atoms with E-state index in [1.807, 2.05) is 0 Å². The number of ketones is 1. The average molecular weight is 387 g/mol. The van der Waals surface area contributed by atoms with Gasteiger partial charge >= 0.3 is 12.0 Å². The van der Waals surface area contributed by atoms with E-state index in [2.05, 4.69) is 10.3 Å². The maximum atomic E-state index is 13.1. The van der Waals surface area contributed by atoms with Crippen LogP contribution in [0.5, 0.6) is 0 Å². The predicted molar refractivity (Wildman–Crippen MR) is 99.0 cm³/mol. The van der Waals surface area contributed by atoms with Gasteiger partial charge in [-0.25, -0.2) is 9.59 Å². The van der Waals surface area contributed by atoms with Crippen molar-refractivity contribution in [1.82, 2.24) is 15.2 Å². The van der Waals surface area contributed by atoms with Gasteiger partial charge < -0.3 is 15.0 Å². The second kappa shape index (κ2) is 6.46. The number of hydrogen-bond donors (Lipinski definition) is 2. The number of H-pyrrole nitrogens is 1. The molecule has 3 amide bonds. The van der Waals surface area contributed by atoms with Gasteiger partial charge in [0.15, 0.2) is 5.78 Å². The van der Waals surface area contributed by atoms with Crippen molar-refractivity contribution < 1.29 is 23.9 Å². The number of aromatic nitrogens is 1. The maximum absolute atomic E-state index is 13.1. The highest BCUT2D eigenvalue weighted by atomic mass is 16.5. The summed E-state index contributed by atoms with van der Waals surface area (Å²) in [6, 6.07) is -0.492. The molecule has 0 spiro atoms. The number of ether oxygens (including phenoxy) is 1. The number of Topliss-reactive ketones (excluding diaryl/α,β-unsaturated/α-hetero) is 1. The van der Waals surface area contributed by atoms with Crippen LogP contribution in [0.4, 0.5) is 4.79 Å². The zero-order chi connectivity index (χ0) is 20.2. The van der Waals surface area contributed by atoms with Gasteiger partial charge in [0.2, 0.25) is 0 Å². The summed E-state index contributed by atoms with van der Waals surface area (Å²) in [6.07, 6.45) is 3.74. The van der Waals surface area contributed by atoms with Crippen LogP contribution in [0.2, 0.25) is 0 Å². The van der Waals surface area contributed by atoms with Crippen molar-refractivity contribution in [2.75, 3.05) is 13.2 Å². The van der Waals surface area contributed by atoms with Gasteiger partial charge in [0, 0.05) is 11.3 Å². The SMILES string of the molecule is CCOC(=O)c1[nH]c(C)c(C(=O)CN2C(=O)NC(C3CC3)(C3CC3)C2=O)c1C. The second-order valence-electron chi connectivity index (χ2n) is 8.01. The third-order valence-corrected chi connectivity index (χ3v) is 6.10. The third kappa shape index (κ3) is 2.73. The number of carbonyl (C=O) groups is 4. The molecule has 0 unspecified atom stereocenters. The molecule has 0 bridgehead atoms. The fourth-order valence-corrected chi connectivity index (χ4v) is 4.52. The third-order valence-electron chi connectivity index (χ3n) is 6.10. The first-order valence-corrected chi connectivity index (χ1v) is 9.84. The van der Waals surface area contributed by atoms with E-state index >= 15 is 0 Å². The lowest BCUT2D eigenvalue weighted by Crippen LogP contribution is -2.51. The maximum Gasteiger partial charge on any atom is 0.355 e. The molecular formula is C20H25N3O5. The first-order chi connectivity index (χ1) is 13.3. The highest BCUT2D eigenvalue weighted by molar-refractivity contribution is 6.12. The minimum atomic E-state index is -0.810. The number of aromatic amines is 1. The summed E-state index contributed by atoms with van der Waals surface area (Å²) in [7, 11) is 0. The van der Waals surface area contributed by atoms with Crippen molar-refractivity contribution in [2.24, 2.45) is 11.8 Å². The Balaban J connectivity index is 1.57. The normalized spacial score (nSPS) is 21.0. The highest BCUT2D eigenvalue weighted by Crippen LogP contribution is 2.54. The molecule has 4 rings (SSSR count). The molecule has 1 aromatic heterocycles. The number of aryl methyl sites for hydroxylation is 1. The molecule has 3 aliphatic rings. The summed E-state index contributed by atoms with van der Waals surface area (Å²) in [4.78, 5) is 54.7. The topological polar surface area (TPSA) is 109 Å². The molecule has 2 heterocycles. The van der Waals surface area contributed by atoms with Gasteiger partial charge in [-0.15, -0.1) is 0 Å². The summed E-state index contributed by atoms with van der Waals surface area (Å²) in [5.74, 6) is -0.802. The smallest absolute Gasteiger partial charge is 0.355 e. The Morgan fingerprint density at radius 2 is 1.75 bits per heavy atom. The molecular weight excluding hydrogens is 362 g/mol. The van der Waals surface area contributed by atoms with Crippen LogP contribution < -0.4 is 5.32 Å². The predicted octanol–water partition coefficient (Wildman–Crippen LogP) is 2.10. The second-order valence-corrected chi connectivity index (χ2v) is 8.01. The number of carbonyl (C=O) groups excluding carboxylic acids is 4. The van der Waals surface area contributed by atoms with Crippen molar-refractivity contribution in [3.63, 3.8) is 0 Å². The number of amides is 3. The number of hydrogen-bond acceptors (Lipinski definition) is 5. The molecule has 2 N–H and O–H groups in total. The van der Waals surface area contributed by atoms with Crippen molar-refractivity contribution in [3.05, 3.63) is 22.5 Å². The van der Waals surface area contributed by atoms with Crippen molar-refractivity contribution in [3.8, 4) is 0 Å². The average Bonchev–Trinajstić information content (AvgIpc) is 3.54. The highest BCUT2D eigenvalue weighted by Gasteiger charge is 2.65. The molecule has 1 aromatic rings. The Morgan fingerprint density at radius 1 is 1.14 bits per heavy atom. The fraction of sp³-hybridized carbons (Fsp3) is 0.600. The van der Waals surface area contributed by atoms with Crippen LogP contribution in [0.3, 0.4) is 0 Å². The number of nitrogens with one attached hydrogen (secondary N) is 2. The first kappa shape index (κ1) is 18.7. The van der Waals surface area contributed by atoms with Gasteiger partial charge in [0.05, 0.1) is 13.2 Å². The summed E-state index contributed by atoms with van der Waals surface area (Å²) in [5.41, 5.74) is 0.747. The van der Waals surface area contributed by atoms with Crippen LogP contribution in [0, 0.1) is 25.7 Å². The van der Waals surface area contributed by atoms with E-state index in [0.29, 0.717) is 16.8 Å². The van der Waals surface area contributed by atoms with Crippen molar-refractivity contribution in [1.29, 1.82) is 0 Å². The van der Waals surface area contributed by atoms with Crippen molar-refractivity contribution in [2.45, 2.75) is 52.0 Å². The molecule has 1 aliphatic heterocycles.